The van der Waals surface area contributed by atoms with Crippen molar-refractivity contribution in [3.05, 3.63) is 29.8 Å². The predicted octanol–water partition coefficient (Wildman–Crippen LogP) is 2.20. The van der Waals surface area contributed by atoms with Gasteiger partial charge in [0, 0.05) is 18.7 Å². The number of aliphatic hydroxyl groups excluding tert-OH is 1. The molecule has 0 bridgehead atoms. The molecular weight excluding hydrogens is 266 g/mol. The van der Waals surface area contributed by atoms with Gasteiger partial charge in [0.25, 0.3) is 0 Å². The van der Waals surface area contributed by atoms with Crippen LogP contribution in [-0.4, -0.2) is 48.5 Å². The van der Waals surface area contributed by atoms with Crippen LogP contribution >= 0.6 is 0 Å². The maximum atomic E-state index is 9.49. The van der Waals surface area contributed by atoms with Crippen molar-refractivity contribution in [3.63, 3.8) is 0 Å². The molecule has 0 spiro atoms. The molecular formula is C17H25NO3. The van der Waals surface area contributed by atoms with E-state index in [0.717, 1.165) is 25.4 Å². The van der Waals surface area contributed by atoms with Gasteiger partial charge in [-0.1, -0.05) is 18.2 Å². The van der Waals surface area contributed by atoms with Gasteiger partial charge in [-0.2, -0.15) is 0 Å². The minimum absolute atomic E-state index is 0.0956. The summed E-state index contributed by atoms with van der Waals surface area (Å²) in [7, 11) is 0. The van der Waals surface area contributed by atoms with Crippen LogP contribution in [0.5, 0.6) is 5.75 Å². The molecule has 0 amide bonds. The minimum Gasteiger partial charge on any atom is -0.490 e. The molecule has 1 atom stereocenters. The van der Waals surface area contributed by atoms with Gasteiger partial charge in [0.15, 0.2) is 0 Å². The molecule has 2 aliphatic rings. The monoisotopic (exact) mass is 291 g/mol. The maximum absolute atomic E-state index is 9.49. The fourth-order valence-electron chi connectivity index (χ4n) is 3.22. The Morgan fingerprint density at radius 2 is 2.05 bits per heavy atom. The summed E-state index contributed by atoms with van der Waals surface area (Å²) in [6.07, 6.45) is 5.28. The number of hydrogen-bond acceptors (Lipinski definition) is 4. The Labute approximate surface area is 126 Å². The highest BCUT2D eigenvalue weighted by atomic mass is 16.5. The Kier molecular flexibility index (Phi) is 5.12. The van der Waals surface area contributed by atoms with Gasteiger partial charge in [-0.3, -0.25) is 4.90 Å². The molecule has 1 aromatic rings. The van der Waals surface area contributed by atoms with E-state index in [1.54, 1.807) is 0 Å². The molecule has 1 heterocycles. The first-order valence-corrected chi connectivity index (χ1v) is 8.04. The van der Waals surface area contributed by atoms with Crippen molar-refractivity contribution >= 4 is 0 Å². The first-order chi connectivity index (χ1) is 10.4. The first kappa shape index (κ1) is 14.8. The van der Waals surface area contributed by atoms with E-state index in [-0.39, 0.29) is 12.6 Å². The van der Waals surface area contributed by atoms with Crippen LogP contribution in [0.4, 0.5) is 0 Å². The molecule has 3 rings (SSSR count). The standard InChI is InChI=1S/C17H25NO3/c19-12-15-13-20-10-9-18(15)11-14-5-1-4-8-17(14)21-16-6-2-3-7-16/h1,4-5,8,15-16,19H,2-3,6-7,9-13H2/t15-/m0/s1. The largest absolute Gasteiger partial charge is 0.490 e. The molecule has 1 aliphatic heterocycles. The average Bonchev–Trinajstić information content (AvgIpc) is 3.03. The number of benzene rings is 1. The van der Waals surface area contributed by atoms with Crippen molar-refractivity contribution in [1.82, 2.24) is 4.90 Å². The van der Waals surface area contributed by atoms with Crippen LogP contribution in [0.3, 0.4) is 0 Å². The summed E-state index contributed by atoms with van der Waals surface area (Å²) in [5, 5.41) is 9.49. The molecule has 1 aromatic carbocycles. The van der Waals surface area contributed by atoms with Crippen LogP contribution in [0, 0.1) is 0 Å². The smallest absolute Gasteiger partial charge is 0.124 e. The van der Waals surface area contributed by atoms with E-state index in [1.165, 1.54) is 31.2 Å². The van der Waals surface area contributed by atoms with Gasteiger partial charge in [-0.15, -0.1) is 0 Å². The topological polar surface area (TPSA) is 41.9 Å². The van der Waals surface area contributed by atoms with Gasteiger partial charge in [-0.05, 0) is 31.7 Å². The number of aliphatic hydroxyl groups is 1. The normalized spacial score (nSPS) is 24.3. The fraction of sp³-hybridized carbons (Fsp3) is 0.647. The zero-order valence-corrected chi connectivity index (χ0v) is 12.5. The summed E-state index contributed by atoms with van der Waals surface area (Å²) in [5.74, 6) is 1.01. The fourth-order valence-corrected chi connectivity index (χ4v) is 3.22. The van der Waals surface area contributed by atoms with Gasteiger partial charge in [0.05, 0.1) is 32.0 Å². The molecule has 1 saturated heterocycles. The number of rotatable bonds is 5. The summed E-state index contributed by atoms with van der Waals surface area (Å²) in [6.45, 7) is 3.18. The third-order valence-electron chi connectivity index (χ3n) is 4.50. The number of nitrogens with zero attached hydrogens (tertiary/aromatic N) is 1. The Hall–Kier alpha value is -1.10. The molecule has 116 valence electrons. The van der Waals surface area contributed by atoms with Gasteiger partial charge in [-0.25, -0.2) is 0 Å². The van der Waals surface area contributed by atoms with Crippen LogP contribution in [0.2, 0.25) is 0 Å². The second-order valence-electron chi connectivity index (χ2n) is 6.01. The Morgan fingerprint density at radius 3 is 2.86 bits per heavy atom. The average molecular weight is 291 g/mol. The zero-order chi connectivity index (χ0) is 14.5. The SMILES string of the molecule is OC[C@H]1COCCN1Cc1ccccc1OC1CCCC1. The van der Waals surface area contributed by atoms with Crippen molar-refractivity contribution in [2.24, 2.45) is 0 Å². The van der Waals surface area contributed by atoms with Gasteiger partial charge in [0.1, 0.15) is 5.75 Å². The summed E-state index contributed by atoms with van der Waals surface area (Å²) >= 11 is 0. The second kappa shape index (κ2) is 7.25. The number of ether oxygens (including phenoxy) is 2. The predicted molar refractivity (Wildman–Crippen MR) is 81.4 cm³/mol. The molecule has 0 unspecified atom stereocenters. The van der Waals surface area contributed by atoms with Crippen LogP contribution in [0.25, 0.3) is 0 Å². The molecule has 0 radical (unpaired) electrons. The quantitative estimate of drug-likeness (QED) is 0.903. The van der Waals surface area contributed by atoms with E-state index in [0.29, 0.717) is 12.7 Å². The number of para-hydroxylation sites is 1. The maximum Gasteiger partial charge on any atom is 0.124 e. The number of morpholine rings is 1. The third kappa shape index (κ3) is 3.76. The van der Waals surface area contributed by atoms with Crippen molar-refractivity contribution in [3.8, 4) is 5.75 Å². The summed E-state index contributed by atoms with van der Waals surface area (Å²) in [4.78, 5) is 2.29. The Bertz CT molecular complexity index is 445. The van der Waals surface area contributed by atoms with Gasteiger partial charge in [0.2, 0.25) is 0 Å². The van der Waals surface area contributed by atoms with Crippen LogP contribution in [0.15, 0.2) is 24.3 Å². The molecule has 4 heteroatoms. The van der Waals surface area contributed by atoms with Crippen LogP contribution in [-0.2, 0) is 11.3 Å². The molecule has 4 nitrogen and oxygen atoms in total. The van der Waals surface area contributed by atoms with Crippen molar-refractivity contribution in [2.75, 3.05) is 26.4 Å². The molecule has 1 aliphatic carbocycles. The lowest BCUT2D eigenvalue weighted by atomic mass is 10.1. The highest BCUT2D eigenvalue weighted by Gasteiger charge is 2.24. The molecule has 1 saturated carbocycles. The van der Waals surface area contributed by atoms with Crippen LogP contribution in [0.1, 0.15) is 31.2 Å². The lowest BCUT2D eigenvalue weighted by Crippen LogP contribution is -2.46. The lowest BCUT2D eigenvalue weighted by Gasteiger charge is -2.34. The summed E-state index contributed by atoms with van der Waals surface area (Å²) in [6, 6.07) is 8.40. The third-order valence-corrected chi connectivity index (χ3v) is 4.50. The van der Waals surface area contributed by atoms with E-state index < -0.39 is 0 Å². The Balaban J connectivity index is 1.68. The molecule has 1 N–H and O–H groups in total. The number of hydrogen-bond donors (Lipinski definition) is 1. The van der Waals surface area contributed by atoms with Crippen molar-refractivity contribution in [1.29, 1.82) is 0 Å². The van der Waals surface area contributed by atoms with Gasteiger partial charge >= 0.3 is 0 Å². The van der Waals surface area contributed by atoms with Crippen molar-refractivity contribution in [2.45, 2.75) is 44.4 Å². The van der Waals surface area contributed by atoms with E-state index in [4.69, 9.17) is 9.47 Å². The zero-order valence-electron chi connectivity index (χ0n) is 12.5. The van der Waals surface area contributed by atoms with Crippen LogP contribution < -0.4 is 4.74 Å². The first-order valence-electron chi connectivity index (χ1n) is 8.04. The molecule has 21 heavy (non-hydrogen) atoms. The highest BCUT2D eigenvalue weighted by Crippen LogP contribution is 2.28. The summed E-state index contributed by atoms with van der Waals surface area (Å²) < 4.78 is 11.6. The molecule has 2 fully saturated rings. The van der Waals surface area contributed by atoms with E-state index in [9.17, 15) is 5.11 Å². The van der Waals surface area contributed by atoms with E-state index in [2.05, 4.69) is 23.1 Å². The molecule has 0 aromatic heterocycles. The second-order valence-corrected chi connectivity index (χ2v) is 6.01. The Morgan fingerprint density at radius 1 is 1.24 bits per heavy atom. The van der Waals surface area contributed by atoms with Gasteiger partial charge < -0.3 is 14.6 Å². The van der Waals surface area contributed by atoms with E-state index in [1.807, 2.05) is 6.07 Å². The minimum atomic E-state index is 0.0956. The lowest BCUT2D eigenvalue weighted by molar-refractivity contribution is -0.0316. The highest BCUT2D eigenvalue weighted by molar-refractivity contribution is 5.33. The van der Waals surface area contributed by atoms with E-state index >= 15 is 0 Å². The van der Waals surface area contributed by atoms with Crippen molar-refractivity contribution < 1.29 is 14.6 Å². The summed E-state index contributed by atoms with van der Waals surface area (Å²) in [5.41, 5.74) is 1.21.